The summed E-state index contributed by atoms with van der Waals surface area (Å²) in [6, 6.07) is 13.2. The van der Waals surface area contributed by atoms with Crippen molar-refractivity contribution >= 4 is 35.0 Å². The first-order chi connectivity index (χ1) is 12.6. The van der Waals surface area contributed by atoms with E-state index in [1.807, 2.05) is 50.2 Å². The molecule has 0 aromatic heterocycles. The van der Waals surface area contributed by atoms with Crippen LogP contribution in [0.25, 0.3) is 0 Å². The number of nitrogens with one attached hydrogen (secondary N) is 1. The molecule has 1 N–H and O–H groups in total. The van der Waals surface area contributed by atoms with Gasteiger partial charge in [-0.15, -0.1) is 11.8 Å². The lowest BCUT2D eigenvalue weighted by molar-refractivity contribution is -0.116. The van der Waals surface area contributed by atoms with Crippen LogP contribution in [0.1, 0.15) is 26.7 Å². The Morgan fingerprint density at radius 2 is 1.81 bits per heavy atom. The Hall–Kier alpha value is -1.85. The van der Waals surface area contributed by atoms with E-state index in [0.717, 1.165) is 22.1 Å². The summed E-state index contributed by atoms with van der Waals surface area (Å²) in [4.78, 5) is 13.4. The molecule has 1 amide bonds. The zero-order valence-corrected chi connectivity index (χ0v) is 16.7. The first kappa shape index (κ1) is 20.5. The van der Waals surface area contributed by atoms with Crippen LogP contribution in [0.4, 0.5) is 5.69 Å². The monoisotopic (exact) mass is 393 g/mol. The Morgan fingerprint density at radius 1 is 1.08 bits per heavy atom. The highest BCUT2D eigenvalue weighted by atomic mass is 35.5. The molecule has 4 nitrogen and oxygen atoms in total. The third kappa shape index (κ3) is 6.81. The summed E-state index contributed by atoms with van der Waals surface area (Å²) in [5.74, 6) is 2.20. The number of ether oxygens (including phenoxy) is 2. The van der Waals surface area contributed by atoms with Gasteiger partial charge in [-0.2, -0.15) is 0 Å². The van der Waals surface area contributed by atoms with Crippen LogP contribution >= 0.6 is 23.4 Å². The van der Waals surface area contributed by atoms with Crippen molar-refractivity contribution in [2.75, 3.05) is 24.3 Å². The quantitative estimate of drug-likeness (QED) is 0.418. The summed E-state index contributed by atoms with van der Waals surface area (Å²) in [6.45, 7) is 4.95. The highest BCUT2D eigenvalue weighted by Gasteiger charge is 2.10. The summed E-state index contributed by atoms with van der Waals surface area (Å²) in [5.41, 5.74) is 0.646. The minimum Gasteiger partial charge on any atom is -0.494 e. The molecule has 2 aromatic rings. The number of anilines is 1. The molecule has 26 heavy (non-hydrogen) atoms. The zero-order valence-electron chi connectivity index (χ0n) is 15.1. The van der Waals surface area contributed by atoms with E-state index in [0.29, 0.717) is 36.8 Å². The number of amides is 1. The van der Waals surface area contributed by atoms with Crippen LogP contribution in [-0.2, 0) is 4.79 Å². The normalized spacial score (nSPS) is 10.4. The molecule has 0 aliphatic heterocycles. The molecule has 0 saturated heterocycles. The van der Waals surface area contributed by atoms with Crippen molar-refractivity contribution in [1.82, 2.24) is 0 Å². The highest BCUT2D eigenvalue weighted by molar-refractivity contribution is 7.99. The van der Waals surface area contributed by atoms with Crippen molar-refractivity contribution in [3.63, 3.8) is 0 Å². The Bertz CT molecular complexity index is 707. The molecule has 0 atom stereocenters. The molecule has 0 heterocycles. The van der Waals surface area contributed by atoms with Gasteiger partial charge in [0.05, 0.1) is 18.9 Å². The number of hydrogen-bond donors (Lipinski definition) is 1. The number of thioether (sulfide) groups is 1. The lowest BCUT2D eigenvalue weighted by Gasteiger charge is -2.13. The number of rotatable bonds is 10. The molecular weight excluding hydrogens is 370 g/mol. The minimum absolute atomic E-state index is 0.0312. The molecule has 6 heteroatoms. The highest BCUT2D eigenvalue weighted by Crippen LogP contribution is 2.30. The molecule has 0 fully saturated rings. The third-order valence-electron chi connectivity index (χ3n) is 3.47. The van der Waals surface area contributed by atoms with Gasteiger partial charge in [0, 0.05) is 22.4 Å². The number of benzene rings is 2. The van der Waals surface area contributed by atoms with Crippen molar-refractivity contribution < 1.29 is 14.3 Å². The summed E-state index contributed by atoms with van der Waals surface area (Å²) in [5, 5.41) is 3.66. The molecule has 0 saturated carbocycles. The molecule has 140 valence electrons. The lowest BCUT2D eigenvalue weighted by Crippen LogP contribution is -2.13. The SMILES string of the molecule is CCOc1ccc(OCC)c(NC(=O)CCCSc2ccc(Cl)cc2)c1. The maximum Gasteiger partial charge on any atom is 0.224 e. The van der Waals surface area contributed by atoms with Gasteiger partial charge in [-0.3, -0.25) is 4.79 Å². The van der Waals surface area contributed by atoms with Crippen LogP contribution < -0.4 is 14.8 Å². The van der Waals surface area contributed by atoms with Gasteiger partial charge in [-0.25, -0.2) is 0 Å². The molecule has 0 aliphatic rings. The molecule has 0 radical (unpaired) electrons. The van der Waals surface area contributed by atoms with Gasteiger partial charge in [-0.1, -0.05) is 11.6 Å². The van der Waals surface area contributed by atoms with Crippen LogP contribution in [0.3, 0.4) is 0 Å². The third-order valence-corrected chi connectivity index (χ3v) is 4.82. The van der Waals surface area contributed by atoms with E-state index in [9.17, 15) is 4.79 Å². The van der Waals surface area contributed by atoms with Crippen molar-refractivity contribution in [2.24, 2.45) is 0 Å². The average molecular weight is 394 g/mol. The van der Waals surface area contributed by atoms with Crippen molar-refractivity contribution in [3.05, 3.63) is 47.5 Å². The second kappa shape index (κ2) is 11.0. The Morgan fingerprint density at radius 3 is 2.50 bits per heavy atom. The zero-order chi connectivity index (χ0) is 18.8. The first-order valence-electron chi connectivity index (χ1n) is 8.70. The maximum atomic E-state index is 12.3. The van der Waals surface area contributed by atoms with Crippen LogP contribution in [0.15, 0.2) is 47.4 Å². The minimum atomic E-state index is -0.0312. The Labute approximate surface area is 164 Å². The van der Waals surface area contributed by atoms with Gasteiger partial charge in [0.25, 0.3) is 0 Å². The molecule has 0 aliphatic carbocycles. The van der Waals surface area contributed by atoms with E-state index in [4.69, 9.17) is 21.1 Å². The average Bonchev–Trinajstić information content (AvgIpc) is 2.63. The molecule has 0 bridgehead atoms. The topological polar surface area (TPSA) is 47.6 Å². The van der Waals surface area contributed by atoms with E-state index in [1.54, 1.807) is 17.8 Å². The Kier molecular flexibility index (Phi) is 8.65. The molecule has 0 unspecified atom stereocenters. The van der Waals surface area contributed by atoms with Gasteiger partial charge in [0.15, 0.2) is 0 Å². The number of carbonyl (C=O) groups is 1. The molecule has 2 rings (SSSR count). The lowest BCUT2D eigenvalue weighted by atomic mass is 10.2. The predicted octanol–water partition coefficient (Wildman–Crippen LogP) is 5.65. The van der Waals surface area contributed by atoms with E-state index in [1.165, 1.54) is 0 Å². The molecular formula is C20H24ClNO3S. The van der Waals surface area contributed by atoms with Crippen LogP contribution in [0.2, 0.25) is 5.02 Å². The Balaban J connectivity index is 1.84. The number of halogens is 1. The van der Waals surface area contributed by atoms with Gasteiger partial charge >= 0.3 is 0 Å². The fraction of sp³-hybridized carbons (Fsp3) is 0.350. The van der Waals surface area contributed by atoms with Gasteiger partial charge in [-0.05, 0) is 62.4 Å². The van der Waals surface area contributed by atoms with Gasteiger partial charge in [0.2, 0.25) is 5.91 Å². The largest absolute Gasteiger partial charge is 0.494 e. The van der Waals surface area contributed by atoms with Crippen molar-refractivity contribution in [3.8, 4) is 11.5 Å². The van der Waals surface area contributed by atoms with Gasteiger partial charge in [0.1, 0.15) is 11.5 Å². The maximum absolute atomic E-state index is 12.3. The van der Waals surface area contributed by atoms with E-state index in [-0.39, 0.29) is 5.91 Å². The van der Waals surface area contributed by atoms with Crippen molar-refractivity contribution in [2.45, 2.75) is 31.6 Å². The standard InChI is InChI=1S/C20H24ClNO3S/c1-3-24-16-9-12-19(25-4-2)18(14-16)22-20(23)6-5-13-26-17-10-7-15(21)8-11-17/h7-12,14H,3-6,13H2,1-2H3,(H,22,23). The summed E-state index contributed by atoms with van der Waals surface area (Å²) >= 11 is 7.59. The summed E-state index contributed by atoms with van der Waals surface area (Å²) in [7, 11) is 0. The number of carbonyl (C=O) groups excluding carboxylic acids is 1. The van der Waals surface area contributed by atoms with Crippen molar-refractivity contribution in [1.29, 1.82) is 0 Å². The predicted molar refractivity (Wildman–Crippen MR) is 109 cm³/mol. The van der Waals surface area contributed by atoms with E-state index >= 15 is 0 Å². The van der Waals surface area contributed by atoms with Crippen LogP contribution in [0, 0.1) is 0 Å². The molecule has 2 aromatic carbocycles. The fourth-order valence-corrected chi connectivity index (χ4v) is 3.29. The first-order valence-corrected chi connectivity index (χ1v) is 10.1. The van der Waals surface area contributed by atoms with Crippen LogP contribution in [-0.4, -0.2) is 24.9 Å². The second-order valence-electron chi connectivity index (χ2n) is 5.48. The smallest absolute Gasteiger partial charge is 0.224 e. The van der Waals surface area contributed by atoms with Gasteiger partial charge < -0.3 is 14.8 Å². The van der Waals surface area contributed by atoms with Crippen LogP contribution in [0.5, 0.6) is 11.5 Å². The molecule has 0 spiro atoms. The van der Waals surface area contributed by atoms with E-state index in [2.05, 4.69) is 5.32 Å². The summed E-state index contributed by atoms with van der Waals surface area (Å²) in [6.07, 6.45) is 1.24. The number of hydrogen-bond acceptors (Lipinski definition) is 4. The fourth-order valence-electron chi connectivity index (χ4n) is 2.31. The van der Waals surface area contributed by atoms with E-state index < -0.39 is 0 Å². The second-order valence-corrected chi connectivity index (χ2v) is 7.08. The summed E-state index contributed by atoms with van der Waals surface area (Å²) < 4.78 is 11.1.